The average molecular weight is 255 g/mol. The number of aliphatic hydroxyl groups is 1. The topological polar surface area (TPSA) is 50.2 Å². The first kappa shape index (κ1) is 13.4. The van der Waals surface area contributed by atoms with E-state index in [1.807, 2.05) is 26.0 Å². The number of benzene rings is 1. The lowest BCUT2D eigenvalue weighted by molar-refractivity contribution is 0.112. The highest BCUT2D eigenvalue weighted by Gasteiger charge is 2.10. The van der Waals surface area contributed by atoms with Crippen LogP contribution in [0.1, 0.15) is 39.0 Å². The van der Waals surface area contributed by atoms with Gasteiger partial charge in [-0.05, 0) is 37.1 Å². The predicted octanol–water partition coefficient (Wildman–Crippen LogP) is 2.79. The Morgan fingerprint density at radius 3 is 2.47 bits per heavy atom. The molecule has 1 unspecified atom stereocenters. The fraction of sp³-hybridized carbons (Fsp3) is 0.250. The van der Waals surface area contributed by atoms with E-state index < -0.39 is 6.10 Å². The smallest absolute Gasteiger partial charge is 0.150 e. The molecule has 1 heterocycles. The third kappa shape index (κ3) is 3.48. The summed E-state index contributed by atoms with van der Waals surface area (Å²) in [5, 5.41) is 10.2. The Labute approximate surface area is 112 Å². The molecule has 19 heavy (non-hydrogen) atoms. The molecule has 98 valence electrons. The molecule has 1 atom stereocenters. The maximum absolute atomic E-state index is 10.6. The zero-order valence-electron chi connectivity index (χ0n) is 11.1. The van der Waals surface area contributed by atoms with Crippen molar-refractivity contribution in [3.05, 3.63) is 64.5 Å². The van der Waals surface area contributed by atoms with Crippen LogP contribution in [-0.4, -0.2) is 16.4 Å². The molecule has 2 rings (SSSR count). The van der Waals surface area contributed by atoms with Crippen molar-refractivity contribution >= 4 is 6.29 Å². The number of aliphatic hydroxyl groups excluding tert-OH is 1. The molecular weight excluding hydrogens is 238 g/mol. The Morgan fingerprint density at radius 2 is 1.89 bits per heavy atom. The fourth-order valence-electron chi connectivity index (χ4n) is 2.14. The van der Waals surface area contributed by atoms with Crippen molar-refractivity contribution in [2.75, 3.05) is 0 Å². The van der Waals surface area contributed by atoms with E-state index >= 15 is 0 Å². The van der Waals surface area contributed by atoms with Gasteiger partial charge in [0.25, 0.3) is 0 Å². The van der Waals surface area contributed by atoms with Crippen molar-refractivity contribution in [1.29, 1.82) is 0 Å². The minimum Gasteiger partial charge on any atom is -0.388 e. The first-order valence-corrected chi connectivity index (χ1v) is 6.26. The van der Waals surface area contributed by atoms with Crippen molar-refractivity contribution < 1.29 is 9.90 Å². The van der Waals surface area contributed by atoms with E-state index in [9.17, 15) is 9.90 Å². The highest BCUT2D eigenvalue weighted by Crippen LogP contribution is 2.18. The maximum Gasteiger partial charge on any atom is 0.150 e. The lowest BCUT2D eigenvalue weighted by Crippen LogP contribution is -2.04. The number of pyridine rings is 1. The summed E-state index contributed by atoms with van der Waals surface area (Å²) in [5.74, 6) is 0. The van der Waals surface area contributed by atoms with Gasteiger partial charge in [0, 0.05) is 23.4 Å². The predicted molar refractivity (Wildman–Crippen MR) is 74.2 cm³/mol. The standard InChI is InChI=1S/C16H17NO2/c1-11-7-12(2)17-15(8-11)9-16(19)14-5-3-13(10-18)4-6-14/h3-8,10,16,19H,9H2,1-2H3. The number of hydrogen-bond donors (Lipinski definition) is 1. The Kier molecular flexibility index (Phi) is 4.07. The molecule has 0 bridgehead atoms. The van der Waals surface area contributed by atoms with Crippen LogP contribution in [-0.2, 0) is 6.42 Å². The third-order valence-corrected chi connectivity index (χ3v) is 3.01. The number of aryl methyl sites for hydroxylation is 2. The summed E-state index contributed by atoms with van der Waals surface area (Å²) < 4.78 is 0. The Hall–Kier alpha value is -2.00. The van der Waals surface area contributed by atoms with Gasteiger partial charge in [-0.2, -0.15) is 0 Å². The van der Waals surface area contributed by atoms with E-state index in [4.69, 9.17) is 0 Å². The SMILES string of the molecule is Cc1cc(C)nc(CC(O)c2ccc(C=O)cc2)c1. The number of hydrogen-bond acceptors (Lipinski definition) is 3. The van der Waals surface area contributed by atoms with Crippen LogP contribution in [0, 0.1) is 13.8 Å². The van der Waals surface area contributed by atoms with Gasteiger partial charge in [-0.25, -0.2) is 0 Å². The Bertz CT molecular complexity index is 556. The molecule has 1 aromatic heterocycles. The van der Waals surface area contributed by atoms with Gasteiger partial charge >= 0.3 is 0 Å². The molecule has 0 spiro atoms. The van der Waals surface area contributed by atoms with Crippen molar-refractivity contribution in [3.8, 4) is 0 Å². The summed E-state index contributed by atoms with van der Waals surface area (Å²) in [6, 6.07) is 11.0. The van der Waals surface area contributed by atoms with Crippen LogP contribution in [0.5, 0.6) is 0 Å². The number of carbonyl (C=O) groups is 1. The van der Waals surface area contributed by atoms with Gasteiger partial charge in [0.1, 0.15) is 6.29 Å². The largest absolute Gasteiger partial charge is 0.388 e. The molecule has 0 amide bonds. The molecule has 0 saturated heterocycles. The molecule has 0 aliphatic heterocycles. The molecular formula is C16H17NO2. The average Bonchev–Trinajstić information content (AvgIpc) is 2.37. The van der Waals surface area contributed by atoms with Crippen molar-refractivity contribution in [2.45, 2.75) is 26.4 Å². The van der Waals surface area contributed by atoms with Gasteiger partial charge in [0.15, 0.2) is 0 Å². The highest BCUT2D eigenvalue weighted by molar-refractivity contribution is 5.74. The van der Waals surface area contributed by atoms with Crippen LogP contribution in [0.25, 0.3) is 0 Å². The zero-order valence-corrected chi connectivity index (χ0v) is 11.1. The summed E-state index contributed by atoms with van der Waals surface area (Å²) >= 11 is 0. The molecule has 1 N–H and O–H groups in total. The normalized spacial score (nSPS) is 12.2. The molecule has 1 aromatic carbocycles. The van der Waals surface area contributed by atoms with Crippen LogP contribution < -0.4 is 0 Å². The van der Waals surface area contributed by atoms with Crippen LogP contribution in [0.3, 0.4) is 0 Å². The zero-order chi connectivity index (χ0) is 13.8. The lowest BCUT2D eigenvalue weighted by atomic mass is 10.0. The number of carbonyl (C=O) groups excluding carboxylic acids is 1. The Morgan fingerprint density at radius 1 is 1.21 bits per heavy atom. The summed E-state index contributed by atoms with van der Waals surface area (Å²) in [6.45, 7) is 3.96. The summed E-state index contributed by atoms with van der Waals surface area (Å²) in [6.07, 6.45) is 0.666. The van der Waals surface area contributed by atoms with Gasteiger partial charge in [0.2, 0.25) is 0 Å². The highest BCUT2D eigenvalue weighted by atomic mass is 16.3. The minimum absolute atomic E-state index is 0.475. The van der Waals surface area contributed by atoms with E-state index in [1.54, 1.807) is 24.3 Å². The maximum atomic E-state index is 10.6. The number of nitrogens with zero attached hydrogens (tertiary/aromatic N) is 1. The van der Waals surface area contributed by atoms with E-state index in [0.29, 0.717) is 12.0 Å². The number of aldehydes is 1. The molecule has 3 heteroatoms. The van der Waals surface area contributed by atoms with Crippen molar-refractivity contribution in [1.82, 2.24) is 4.98 Å². The second-order valence-electron chi connectivity index (χ2n) is 4.78. The van der Waals surface area contributed by atoms with Gasteiger partial charge in [-0.1, -0.05) is 24.3 Å². The molecule has 0 aliphatic carbocycles. The second-order valence-corrected chi connectivity index (χ2v) is 4.78. The third-order valence-electron chi connectivity index (χ3n) is 3.01. The van der Waals surface area contributed by atoms with E-state index in [0.717, 1.165) is 28.8 Å². The molecule has 3 nitrogen and oxygen atoms in total. The van der Waals surface area contributed by atoms with Gasteiger partial charge < -0.3 is 5.11 Å². The first-order chi connectivity index (χ1) is 9.08. The van der Waals surface area contributed by atoms with E-state index in [1.165, 1.54) is 0 Å². The Balaban J connectivity index is 2.15. The molecule has 0 saturated carbocycles. The van der Waals surface area contributed by atoms with E-state index in [2.05, 4.69) is 4.98 Å². The molecule has 0 radical (unpaired) electrons. The van der Waals surface area contributed by atoms with Gasteiger partial charge in [0.05, 0.1) is 6.10 Å². The summed E-state index contributed by atoms with van der Waals surface area (Å²) in [5.41, 5.74) is 4.39. The fourth-order valence-corrected chi connectivity index (χ4v) is 2.14. The number of rotatable bonds is 4. The van der Waals surface area contributed by atoms with E-state index in [-0.39, 0.29) is 0 Å². The first-order valence-electron chi connectivity index (χ1n) is 6.26. The summed E-state index contributed by atoms with van der Waals surface area (Å²) in [4.78, 5) is 15.0. The van der Waals surface area contributed by atoms with Crippen LogP contribution in [0.15, 0.2) is 36.4 Å². The number of aromatic nitrogens is 1. The monoisotopic (exact) mass is 255 g/mol. The molecule has 2 aromatic rings. The van der Waals surface area contributed by atoms with Crippen LogP contribution >= 0.6 is 0 Å². The van der Waals surface area contributed by atoms with Crippen LogP contribution in [0.2, 0.25) is 0 Å². The van der Waals surface area contributed by atoms with Crippen molar-refractivity contribution in [2.24, 2.45) is 0 Å². The van der Waals surface area contributed by atoms with Crippen molar-refractivity contribution in [3.63, 3.8) is 0 Å². The molecule has 0 fully saturated rings. The van der Waals surface area contributed by atoms with Gasteiger partial charge in [-0.3, -0.25) is 9.78 Å². The second kappa shape index (κ2) is 5.76. The van der Waals surface area contributed by atoms with Gasteiger partial charge in [-0.15, -0.1) is 0 Å². The summed E-state index contributed by atoms with van der Waals surface area (Å²) in [7, 11) is 0. The molecule has 0 aliphatic rings. The van der Waals surface area contributed by atoms with Crippen LogP contribution in [0.4, 0.5) is 0 Å². The minimum atomic E-state index is -0.602. The quantitative estimate of drug-likeness (QED) is 0.855. The lowest BCUT2D eigenvalue weighted by Gasteiger charge is -2.11.